The molecule has 11 heavy (non-hydrogen) atoms. The molecule has 0 aliphatic carbocycles. The van der Waals surface area contributed by atoms with Crippen LogP contribution in [0.2, 0.25) is 0 Å². The number of amidine groups is 1. The number of nitrogens with zero attached hydrogens (tertiary/aromatic N) is 1. The van der Waals surface area contributed by atoms with Gasteiger partial charge in [-0.1, -0.05) is 16.9 Å². The smallest absolute Gasteiger partial charge is 0.178 e. The van der Waals surface area contributed by atoms with E-state index in [1.165, 1.54) is 6.92 Å². The van der Waals surface area contributed by atoms with Crippen molar-refractivity contribution in [1.29, 1.82) is 5.41 Å². The first kappa shape index (κ1) is 9.96. The summed E-state index contributed by atoms with van der Waals surface area (Å²) in [4.78, 5) is 10.6. The van der Waals surface area contributed by atoms with Gasteiger partial charge in [-0.25, -0.2) is 0 Å². The van der Waals surface area contributed by atoms with Crippen LogP contribution in [-0.2, 0) is 4.79 Å². The summed E-state index contributed by atoms with van der Waals surface area (Å²) in [6, 6.07) is 0. The number of thioether (sulfide) groups is 1. The molecule has 0 aromatic carbocycles. The number of carbonyl (C=O) groups excluding carboxylic acids is 1. The third-order valence-corrected chi connectivity index (χ3v) is 1.62. The van der Waals surface area contributed by atoms with E-state index in [2.05, 4.69) is 5.16 Å². The van der Waals surface area contributed by atoms with Gasteiger partial charge in [-0.05, 0) is 0 Å². The number of nitrogens with one attached hydrogen (secondary N) is 1. The maximum atomic E-state index is 10.6. The predicted octanol–water partition coefficient (Wildman–Crippen LogP) is 0.0323. The van der Waals surface area contributed by atoms with Crippen molar-refractivity contribution in [3.8, 4) is 0 Å². The number of ketones is 1. The van der Waals surface area contributed by atoms with Crippen LogP contribution in [0.25, 0.3) is 0 Å². The summed E-state index contributed by atoms with van der Waals surface area (Å²) >= 11 is 0.942. The Kier molecular flexibility index (Phi) is 4.28. The normalized spacial score (nSPS) is 11.2. The molecule has 62 valence electrons. The molecule has 0 saturated heterocycles. The van der Waals surface area contributed by atoms with Crippen molar-refractivity contribution in [3.05, 3.63) is 0 Å². The summed E-state index contributed by atoms with van der Waals surface area (Å²) < 4.78 is 0. The molecule has 0 aromatic rings. The van der Waals surface area contributed by atoms with E-state index >= 15 is 0 Å². The molecule has 0 spiro atoms. The SMILES string of the molecule is CC(=O)C(CSC(=N)N)=NO. The first-order chi connectivity index (χ1) is 5.07. The zero-order valence-electron chi connectivity index (χ0n) is 6.00. The minimum Gasteiger partial charge on any atom is -0.411 e. The fourth-order valence-electron chi connectivity index (χ4n) is 0.347. The molecule has 0 atom stereocenters. The molecular weight excluding hydrogens is 166 g/mol. The fraction of sp³-hybridized carbons (Fsp3) is 0.400. The van der Waals surface area contributed by atoms with Gasteiger partial charge in [0.05, 0.1) is 5.75 Å². The number of hydrogen-bond donors (Lipinski definition) is 3. The number of carbonyl (C=O) groups is 1. The second-order valence-electron chi connectivity index (χ2n) is 1.76. The molecule has 0 bridgehead atoms. The minimum atomic E-state index is -0.318. The summed E-state index contributed by atoms with van der Waals surface area (Å²) in [5.74, 6) is -0.178. The highest BCUT2D eigenvalue weighted by molar-refractivity contribution is 8.14. The Morgan fingerprint density at radius 3 is 2.64 bits per heavy atom. The van der Waals surface area contributed by atoms with Gasteiger partial charge in [-0.15, -0.1) is 0 Å². The van der Waals surface area contributed by atoms with E-state index in [0.717, 1.165) is 11.8 Å². The lowest BCUT2D eigenvalue weighted by Gasteiger charge is -1.96. The lowest BCUT2D eigenvalue weighted by molar-refractivity contribution is -0.111. The van der Waals surface area contributed by atoms with Crippen LogP contribution in [-0.4, -0.2) is 27.6 Å². The van der Waals surface area contributed by atoms with E-state index in [9.17, 15) is 4.79 Å². The predicted molar refractivity (Wildman–Crippen MR) is 44.3 cm³/mol. The maximum absolute atomic E-state index is 10.6. The monoisotopic (exact) mass is 175 g/mol. The largest absolute Gasteiger partial charge is 0.411 e. The van der Waals surface area contributed by atoms with Crippen molar-refractivity contribution in [3.63, 3.8) is 0 Å². The van der Waals surface area contributed by atoms with Crippen LogP contribution in [0.3, 0.4) is 0 Å². The van der Waals surface area contributed by atoms with Crippen molar-refractivity contribution in [2.75, 3.05) is 5.75 Å². The molecule has 0 fully saturated rings. The molecule has 0 rings (SSSR count). The van der Waals surface area contributed by atoms with E-state index in [-0.39, 0.29) is 22.4 Å². The van der Waals surface area contributed by atoms with Crippen molar-refractivity contribution >= 4 is 28.4 Å². The zero-order valence-corrected chi connectivity index (χ0v) is 6.81. The molecule has 0 saturated carbocycles. The number of nitrogens with two attached hydrogens (primary N) is 1. The molecule has 0 unspecified atom stereocenters. The van der Waals surface area contributed by atoms with Crippen LogP contribution >= 0.6 is 11.8 Å². The van der Waals surface area contributed by atoms with Crippen LogP contribution in [0, 0.1) is 5.41 Å². The quantitative estimate of drug-likeness (QED) is 0.244. The van der Waals surface area contributed by atoms with Crippen molar-refractivity contribution in [2.24, 2.45) is 10.9 Å². The van der Waals surface area contributed by atoms with Crippen LogP contribution < -0.4 is 5.73 Å². The van der Waals surface area contributed by atoms with Crippen LogP contribution in [0.4, 0.5) is 0 Å². The lowest BCUT2D eigenvalue weighted by atomic mass is 10.3. The molecule has 0 radical (unpaired) electrons. The Labute approximate surface area is 68.2 Å². The Bertz CT molecular complexity index is 202. The van der Waals surface area contributed by atoms with Crippen LogP contribution in [0.1, 0.15) is 6.92 Å². The van der Waals surface area contributed by atoms with E-state index in [4.69, 9.17) is 16.4 Å². The summed E-state index contributed by atoms with van der Waals surface area (Å²) in [6.07, 6.45) is 0. The number of Topliss-reactive ketones (excluding diaryl/α,β-unsaturated/α-hetero) is 1. The van der Waals surface area contributed by atoms with Gasteiger partial charge in [0.2, 0.25) is 0 Å². The van der Waals surface area contributed by atoms with E-state index in [0.29, 0.717) is 0 Å². The fourth-order valence-corrected chi connectivity index (χ4v) is 0.900. The first-order valence-electron chi connectivity index (χ1n) is 2.76. The number of hydrogen-bond acceptors (Lipinski definition) is 5. The lowest BCUT2D eigenvalue weighted by Crippen LogP contribution is -2.16. The van der Waals surface area contributed by atoms with Crippen LogP contribution in [0.15, 0.2) is 5.16 Å². The van der Waals surface area contributed by atoms with E-state index in [1.54, 1.807) is 0 Å². The summed E-state index contributed by atoms with van der Waals surface area (Å²) in [5, 5.41) is 17.7. The molecule has 0 heterocycles. The van der Waals surface area contributed by atoms with Crippen LogP contribution in [0.5, 0.6) is 0 Å². The van der Waals surface area contributed by atoms with Crippen molar-refractivity contribution < 1.29 is 10.0 Å². The molecule has 4 N–H and O–H groups in total. The molecule has 0 aliphatic rings. The molecule has 0 aliphatic heterocycles. The third kappa shape index (κ3) is 4.38. The van der Waals surface area contributed by atoms with Gasteiger partial charge >= 0.3 is 0 Å². The van der Waals surface area contributed by atoms with Gasteiger partial charge in [-0.2, -0.15) is 0 Å². The minimum absolute atomic E-state index is 0.0187. The second kappa shape index (κ2) is 4.73. The van der Waals surface area contributed by atoms with Gasteiger partial charge < -0.3 is 10.9 Å². The highest BCUT2D eigenvalue weighted by Crippen LogP contribution is 1.99. The summed E-state index contributed by atoms with van der Waals surface area (Å²) in [6.45, 7) is 1.29. The van der Waals surface area contributed by atoms with Gasteiger partial charge in [0.1, 0.15) is 5.71 Å². The highest BCUT2D eigenvalue weighted by atomic mass is 32.2. The van der Waals surface area contributed by atoms with E-state index in [1.807, 2.05) is 0 Å². The molecule has 0 aromatic heterocycles. The van der Waals surface area contributed by atoms with Crippen molar-refractivity contribution in [1.82, 2.24) is 0 Å². The third-order valence-electron chi connectivity index (χ3n) is 0.891. The molecule has 0 amide bonds. The topological polar surface area (TPSA) is 99.5 Å². The Balaban J connectivity index is 3.92. The molecule has 5 nitrogen and oxygen atoms in total. The standard InChI is InChI=1S/C5H9N3O2S/c1-3(9)4(8-10)2-11-5(6)7/h10H,2H2,1H3,(H3,6,7). The van der Waals surface area contributed by atoms with Gasteiger partial charge in [0, 0.05) is 6.92 Å². The summed E-state index contributed by atoms with van der Waals surface area (Å²) in [5.41, 5.74) is 5.01. The average molecular weight is 175 g/mol. The number of oxime groups is 1. The zero-order chi connectivity index (χ0) is 8.85. The Morgan fingerprint density at radius 1 is 1.82 bits per heavy atom. The van der Waals surface area contributed by atoms with Gasteiger partial charge in [-0.3, -0.25) is 10.2 Å². The molecular formula is C5H9N3O2S. The van der Waals surface area contributed by atoms with E-state index < -0.39 is 0 Å². The highest BCUT2D eigenvalue weighted by Gasteiger charge is 2.06. The van der Waals surface area contributed by atoms with Gasteiger partial charge in [0.25, 0.3) is 0 Å². The summed E-state index contributed by atoms with van der Waals surface area (Å²) in [7, 11) is 0. The van der Waals surface area contributed by atoms with Gasteiger partial charge in [0.15, 0.2) is 11.0 Å². The Morgan fingerprint density at radius 2 is 2.36 bits per heavy atom. The second-order valence-corrected chi connectivity index (χ2v) is 2.77. The maximum Gasteiger partial charge on any atom is 0.178 e. The van der Waals surface area contributed by atoms with Crippen molar-refractivity contribution in [2.45, 2.75) is 6.92 Å². The average Bonchev–Trinajstić information content (AvgIpc) is 1.87. The number of rotatable bonds is 3. The Hall–Kier alpha value is -1.04. The first-order valence-corrected chi connectivity index (χ1v) is 3.75. The molecule has 6 heteroatoms.